The van der Waals surface area contributed by atoms with Crippen molar-refractivity contribution in [1.82, 2.24) is 9.80 Å². The Morgan fingerprint density at radius 1 is 1.28 bits per heavy atom. The molecule has 0 spiro atoms. The predicted octanol–water partition coefficient (Wildman–Crippen LogP) is 3.26. The molecule has 1 N–H and O–H groups in total. The van der Waals surface area contributed by atoms with Gasteiger partial charge in [-0.1, -0.05) is 31.9 Å². The molecule has 0 aromatic heterocycles. The molecular weight excluding hydrogens is 375 g/mol. The van der Waals surface area contributed by atoms with E-state index in [1.54, 1.807) is 12.1 Å². The lowest BCUT2D eigenvalue weighted by atomic mass is 9.81. The summed E-state index contributed by atoms with van der Waals surface area (Å²) in [7, 11) is 0. The van der Waals surface area contributed by atoms with Gasteiger partial charge in [-0.3, -0.25) is 14.5 Å². The molecule has 2 aliphatic heterocycles. The summed E-state index contributed by atoms with van der Waals surface area (Å²) in [5, 5.41) is 9.72. The molecule has 0 aliphatic carbocycles. The van der Waals surface area contributed by atoms with E-state index in [1.165, 1.54) is 12.1 Å². The SMILES string of the molecule is CCCCCC1(N2CCOCC2=O)CC(C(=O)O)CCN1Cc1ccc(F)cc1. The van der Waals surface area contributed by atoms with Gasteiger partial charge in [-0.2, -0.15) is 0 Å². The van der Waals surface area contributed by atoms with Crippen LogP contribution < -0.4 is 0 Å². The van der Waals surface area contributed by atoms with Gasteiger partial charge in [0, 0.05) is 19.6 Å². The first-order chi connectivity index (χ1) is 14.0. The molecule has 0 bridgehead atoms. The Morgan fingerprint density at radius 3 is 2.69 bits per heavy atom. The van der Waals surface area contributed by atoms with Gasteiger partial charge in [0.2, 0.25) is 5.91 Å². The molecule has 2 atom stereocenters. The molecule has 1 aromatic rings. The molecule has 0 radical (unpaired) electrons. The maximum absolute atomic E-state index is 13.4. The van der Waals surface area contributed by atoms with Gasteiger partial charge in [0.25, 0.3) is 0 Å². The van der Waals surface area contributed by atoms with Crippen LogP contribution in [0.15, 0.2) is 24.3 Å². The van der Waals surface area contributed by atoms with Gasteiger partial charge in [0.15, 0.2) is 0 Å². The predicted molar refractivity (Wildman–Crippen MR) is 107 cm³/mol. The Morgan fingerprint density at radius 2 is 2.03 bits per heavy atom. The number of carbonyl (C=O) groups is 2. The van der Waals surface area contributed by atoms with E-state index in [4.69, 9.17) is 4.74 Å². The fourth-order valence-electron chi connectivity index (χ4n) is 4.69. The van der Waals surface area contributed by atoms with Gasteiger partial charge >= 0.3 is 5.97 Å². The number of piperidine rings is 1. The number of halogens is 1. The minimum absolute atomic E-state index is 0.0393. The number of ether oxygens (including phenoxy) is 1. The number of aliphatic carboxylic acids is 1. The van der Waals surface area contributed by atoms with Crippen LogP contribution in [0.3, 0.4) is 0 Å². The normalized spacial score (nSPS) is 25.9. The first kappa shape index (κ1) is 21.7. The Bertz CT molecular complexity index is 711. The molecule has 29 heavy (non-hydrogen) atoms. The highest BCUT2D eigenvalue weighted by atomic mass is 19.1. The highest BCUT2D eigenvalue weighted by Crippen LogP contribution is 2.40. The zero-order valence-corrected chi connectivity index (χ0v) is 17.1. The van der Waals surface area contributed by atoms with Crippen LogP contribution in [0.1, 0.15) is 51.0 Å². The molecule has 7 heteroatoms. The summed E-state index contributed by atoms with van der Waals surface area (Å²) in [6.07, 6.45) is 4.70. The van der Waals surface area contributed by atoms with Gasteiger partial charge in [0.1, 0.15) is 12.4 Å². The molecule has 2 heterocycles. The fraction of sp³-hybridized carbons (Fsp3) is 0.636. The minimum atomic E-state index is -0.799. The number of amides is 1. The van der Waals surface area contributed by atoms with E-state index in [2.05, 4.69) is 11.8 Å². The van der Waals surface area contributed by atoms with Gasteiger partial charge in [-0.05, 0) is 43.4 Å². The van der Waals surface area contributed by atoms with Gasteiger partial charge in [-0.15, -0.1) is 0 Å². The van der Waals surface area contributed by atoms with Gasteiger partial charge in [-0.25, -0.2) is 4.39 Å². The molecule has 2 unspecified atom stereocenters. The van der Waals surface area contributed by atoms with Crippen LogP contribution in [0.25, 0.3) is 0 Å². The number of nitrogens with zero attached hydrogens (tertiary/aromatic N) is 2. The first-order valence-electron chi connectivity index (χ1n) is 10.6. The van der Waals surface area contributed by atoms with Crippen molar-refractivity contribution < 1.29 is 23.8 Å². The van der Waals surface area contributed by atoms with Crippen molar-refractivity contribution in [2.75, 3.05) is 26.3 Å². The summed E-state index contributed by atoms with van der Waals surface area (Å²) in [5.41, 5.74) is 0.312. The van der Waals surface area contributed by atoms with Crippen molar-refractivity contribution in [3.63, 3.8) is 0 Å². The molecule has 160 valence electrons. The summed E-state index contributed by atoms with van der Waals surface area (Å²) in [4.78, 5) is 28.8. The molecule has 1 amide bonds. The number of hydrogen-bond donors (Lipinski definition) is 1. The van der Waals surface area contributed by atoms with Gasteiger partial charge in [0.05, 0.1) is 18.2 Å². The van der Waals surface area contributed by atoms with Crippen LogP contribution in [-0.2, 0) is 20.9 Å². The number of benzene rings is 1. The number of likely N-dealkylation sites (tertiary alicyclic amines) is 1. The van der Waals surface area contributed by atoms with E-state index in [0.717, 1.165) is 31.2 Å². The van der Waals surface area contributed by atoms with Crippen molar-refractivity contribution in [3.8, 4) is 0 Å². The average molecular weight is 406 g/mol. The number of rotatable bonds is 8. The third kappa shape index (κ3) is 4.95. The monoisotopic (exact) mass is 406 g/mol. The second kappa shape index (κ2) is 9.67. The number of hydrogen-bond acceptors (Lipinski definition) is 4. The van der Waals surface area contributed by atoms with E-state index in [9.17, 15) is 19.1 Å². The van der Waals surface area contributed by atoms with Crippen LogP contribution in [0.4, 0.5) is 4.39 Å². The second-order valence-corrected chi connectivity index (χ2v) is 8.11. The third-order valence-electron chi connectivity index (χ3n) is 6.21. The highest BCUT2D eigenvalue weighted by Gasteiger charge is 2.50. The maximum atomic E-state index is 13.4. The molecular formula is C22H31FN2O4. The van der Waals surface area contributed by atoms with E-state index in [0.29, 0.717) is 39.1 Å². The molecule has 1 aromatic carbocycles. The Kier molecular flexibility index (Phi) is 7.24. The zero-order valence-electron chi connectivity index (χ0n) is 17.1. The van der Waals surface area contributed by atoms with Crippen LogP contribution in [0.5, 0.6) is 0 Å². The molecule has 2 aliphatic rings. The minimum Gasteiger partial charge on any atom is -0.481 e. The van der Waals surface area contributed by atoms with E-state index >= 15 is 0 Å². The van der Waals surface area contributed by atoms with Crippen molar-refractivity contribution in [2.24, 2.45) is 5.92 Å². The molecule has 6 nitrogen and oxygen atoms in total. The van der Waals surface area contributed by atoms with Gasteiger partial charge < -0.3 is 14.7 Å². The highest BCUT2D eigenvalue weighted by molar-refractivity contribution is 5.79. The number of carboxylic acids is 1. The lowest BCUT2D eigenvalue weighted by molar-refractivity contribution is -0.179. The number of unbranched alkanes of at least 4 members (excludes halogenated alkanes) is 2. The Hall–Kier alpha value is -1.99. The number of morpholine rings is 1. The smallest absolute Gasteiger partial charge is 0.306 e. The number of carbonyl (C=O) groups excluding carboxylic acids is 1. The largest absolute Gasteiger partial charge is 0.481 e. The molecule has 2 fully saturated rings. The van der Waals surface area contributed by atoms with Crippen LogP contribution in [-0.4, -0.2) is 58.7 Å². The second-order valence-electron chi connectivity index (χ2n) is 8.11. The Labute approximate surface area is 171 Å². The van der Waals surface area contributed by atoms with Crippen molar-refractivity contribution in [2.45, 2.75) is 57.7 Å². The Balaban J connectivity index is 1.95. The summed E-state index contributed by atoms with van der Waals surface area (Å²) in [5.74, 6) is -1.64. The lowest BCUT2D eigenvalue weighted by Crippen LogP contribution is -2.67. The third-order valence-corrected chi connectivity index (χ3v) is 6.21. The van der Waals surface area contributed by atoms with E-state index in [-0.39, 0.29) is 18.3 Å². The van der Waals surface area contributed by atoms with E-state index in [1.807, 2.05) is 4.90 Å². The summed E-state index contributed by atoms with van der Waals surface area (Å²) in [6.45, 7) is 4.25. The van der Waals surface area contributed by atoms with Crippen LogP contribution in [0.2, 0.25) is 0 Å². The fourth-order valence-corrected chi connectivity index (χ4v) is 4.69. The zero-order chi connectivity index (χ0) is 20.9. The summed E-state index contributed by atoms with van der Waals surface area (Å²) < 4.78 is 18.7. The molecule has 0 saturated carbocycles. The van der Waals surface area contributed by atoms with Crippen molar-refractivity contribution >= 4 is 11.9 Å². The van der Waals surface area contributed by atoms with E-state index < -0.39 is 17.6 Å². The summed E-state index contributed by atoms with van der Waals surface area (Å²) >= 11 is 0. The van der Waals surface area contributed by atoms with Crippen molar-refractivity contribution in [3.05, 3.63) is 35.6 Å². The molecule has 3 rings (SSSR count). The topological polar surface area (TPSA) is 70.1 Å². The average Bonchev–Trinajstić information content (AvgIpc) is 2.71. The van der Waals surface area contributed by atoms with Crippen LogP contribution in [0, 0.1) is 11.7 Å². The summed E-state index contributed by atoms with van der Waals surface area (Å²) in [6, 6.07) is 6.41. The maximum Gasteiger partial charge on any atom is 0.306 e. The number of carboxylic acid groups (broad SMARTS) is 1. The lowest BCUT2D eigenvalue weighted by Gasteiger charge is -2.56. The van der Waals surface area contributed by atoms with Crippen LogP contribution >= 0.6 is 0 Å². The first-order valence-corrected chi connectivity index (χ1v) is 10.6. The quantitative estimate of drug-likeness (QED) is 0.671. The molecule has 2 saturated heterocycles. The van der Waals surface area contributed by atoms with Crippen molar-refractivity contribution in [1.29, 1.82) is 0 Å². The standard InChI is InChI=1S/C22H31FN2O4/c1-2-3-4-10-22(25-12-13-29-16-20(25)26)14-18(21(27)28)9-11-24(22)15-17-5-7-19(23)8-6-17/h5-8,18H,2-4,9-16H2,1H3,(H,27,28).